The number of fused-ring (bicyclic) bond motifs is 1. The van der Waals surface area contributed by atoms with Crippen molar-refractivity contribution in [2.24, 2.45) is 0 Å². The monoisotopic (exact) mass is 315 g/mol. The van der Waals surface area contributed by atoms with E-state index in [1.54, 1.807) is 6.20 Å². The van der Waals surface area contributed by atoms with Gasteiger partial charge in [-0.3, -0.25) is 4.79 Å². The Kier molecular flexibility index (Phi) is 6.85. The maximum absolute atomic E-state index is 12.0. The summed E-state index contributed by atoms with van der Waals surface area (Å²) in [5, 5.41) is 0.797. The van der Waals surface area contributed by atoms with E-state index in [9.17, 15) is 9.59 Å². The molecular weight excluding hydrogens is 290 g/mol. The van der Waals surface area contributed by atoms with E-state index in [1.807, 2.05) is 24.3 Å². The zero-order valence-corrected chi connectivity index (χ0v) is 13.8. The number of carbonyl (C=O) groups is 2. The molecule has 0 unspecified atom stereocenters. The van der Waals surface area contributed by atoms with Gasteiger partial charge in [-0.05, 0) is 12.5 Å². The number of rotatable bonds is 10. The summed E-state index contributed by atoms with van der Waals surface area (Å²) < 4.78 is 1.41. The van der Waals surface area contributed by atoms with Gasteiger partial charge >= 0.3 is 5.97 Å². The molecule has 0 fully saturated rings. The highest BCUT2D eigenvalue weighted by Gasteiger charge is 2.11. The molecule has 0 saturated carbocycles. The van der Waals surface area contributed by atoms with Crippen molar-refractivity contribution >= 4 is 23.2 Å². The van der Waals surface area contributed by atoms with E-state index in [4.69, 9.17) is 4.84 Å². The highest BCUT2D eigenvalue weighted by Crippen LogP contribution is 2.19. The molecule has 0 bridgehead atoms. The van der Waals surface area contributed by atoms with Crippen LogP contribution in [0.3, 0.4) is 0 Å². The molecule has 0 saturated heterocycles. The Hall–Kier alpha value is -2.10. The summed E-state index contributed by atoms with van der Waals surface area (Å²) >= 11 is 0. The quantitative estimate of drug-likeness (QED) is 0.477. The Balaban J connectivity index is 1.81. The number of carbonyl (C=O) groups excluding carboxylic acids is 2. The standard InChI is InChI=1S/C19H25NO3/c1-2-3-4-5-6-7-8-13-19(22)23-20-14-16(15-21)17-11-9-10-12-18(17)20/h9-12,14-15H,2-8,13H2,1H3. The first-order valence-electron chi connectivity index (χ1n) is 8.52. The van der Waals surface area contributed by atoms with Crippen molar-refractivity contribution < 1.29 is 14.4 Å². The first kappa shape index (κ1) is 17.3. The van der Waals surface area contributed by atoms with Crippen molar-refractivity contribution in [1.29, 1.82) is 0 Å². The van der Waals surface area contributed by atoms with E-state index in [1.165, 1.54) is 36.8 Å². The van der Waals surface area contributed by atoms with Crippen LogP contribution in [-0.4, -0.2) is 17.0 Å². The van der Waals surface area contributed by atoms with E-state index >= 15 is 0 Å². The number of hydrogen-bond acceptors (Lipinski definition) is 3. The Morgan fingerprint density at radius 1 is 1.09 bits per heavy atom. The first-order chi connectivity index (χ1) is 11.3. The molecule has 0 aliphatic heterocycles. The SMILES string of the molecule is CCCCCCCCCC(=O)On1cc(C=O)c2ccccc21. The molecule has 0 N–H and O–H groups in total. The summed E-state index contributed by atoms with van der Waals surface area (Å²) in [6, 6.07) is 7.40. The van der Waals surface area contributed by atoms with Crippen LogP contribution >= 0.6 is 0 Å². The fourth-order valence-corrected chi connectivity index (χ4v) is 2.73. The minimum atomic E-state index is -0.253. The molecule has 0 radical (unpaired) electrons. The van der Waals surface area contributed by atoms with Crippen LogP contribution in [0.5, 0.6) is 0 Å². The molecule has 0 atom stereocenters. The van der Waals surface area contributed by atoms with E-state index in [-0.39, 0.29) is 5.97 Å². The topological polar surface area (TPSA) is 48.3 Å². The molecular formula is C19H25NO3. The van der Waals surface area contributed by atoms with Crippen molar-refractivity contribution in [3.8, 4) is 0 Å². The molecule has 2 rings (SSSR count). The second-order valence-corrected chi connectivity index (χ2v) is 5.88. The molecule has 0 amide bonds. The number of aldehydes is 1. The lowest BCUT2D eigenvalue weighted by molar-refractivity contribution is -0.143. The number of nitrogens with zero attached hydrogens (tertiary/aromatic N) is 1. The van der Waals surface area contributed by atoms with Crippen LogP contribution in [0.2, 0.25) is 0 Å². The number of hydrogen-bond donors (Lipinski definition) is 0. The van der Waals surface area contributed by atoms with Gasteiger partial charge in [-0.2, -0.15) is 4.73 Å². The normalized spacial score (nSPS) is 10.8. The summed E-state index contributed by atoms with van der Waals surface area (Å²) in [6.45, 7) is 2.21. The minimum Gasteiger partial charge on any atom is -0.337 e. The van der Waals surface area contributed by atoms with Crippen LogP contribution in [0, 0.1) is 0 Å². The van der Waals surface area contributed by atoms with E-state index < -0.39 is 0 Å². The second-order valence-electron chi connectivity index (χ2n) is 5.88. The van der Waals surface area contributed by atoms with Gasteiger partial charge in [-0.1, -0.05) is 63.6 Å². The van der Waals surface area contributed by atoms with E-state index in [0.717, 1.165) is 30.0 Å². The summed E-state index contributed by atoms with van der Waals surface area (Å²) in [6.07, 6.45) is 10.9. The van der Waals surface area contributed by atoms with Gasteiger partial charge in [0, 0.05) is 17.4 Å². The van der Waals surface area contributed by atoms with Crippen molar-refractivity contribution in [2.75, 3.05) is 0 Å². The Bertz CT molecular complexity index is 645. The van der Waals surface area contributed by atoms with Gasteiger partial charge in [0.1, 0.15) is 0 Å². The lowest BCUT2D eigenvalue weighted by Gasteiger charge is -2.06. The van der Waals surface area contributed by atoms with Gasteiger partial charge in [0.05, 0.1) is 11.7 Å². The minimum absolute atomic E-state index is 0.253. The highest BCUT2D eigenvalue weighted by molar-refractivity contribution is 5.97. The van der Waals surface area contributed by atoms with Crippen LogP contribution < -0.4 is 4.84 Å². The fourth-order valence-electron chi connectivity index (χ4n) is 2.73. The summed E-state index contributed by atoms with van der Waals surface area (Å²) in [4.78, 5) is 28.4. The Morgan fingerprint density at radius 3 is 2.52 bits per heavy atom. The molecule has 1 aromatic carbocycles. The predicted octanol–water partition coefficient (Wildman–Crippen LogP) is 4.55. The Morgan fingerprint density at radius 2 is 1.78 bits per heavy atom. The van der Waals surface area contributed by atoms with Gasteiger partial charge in [-0.25, -0.2) is 4.79 Å². The molecule has 4 heteroatoms. The Labute approximate surface area is 137 Å². The summed E-state index contributed by atoms with van der Waals surface area (Å²) in [5.74, 6) is -0.253. The molecule has 0 aliphatic carbocycles. The third-order valence-electron chi connectivity index (χ3n) is 4.02. The number of aromatic nitrogens is 1. The third-order valence-corrected chi connectivity index (χ3v) is 4.02. The third kappa shape index (κ3) is 4.95. The smallest absolute Gasteiger partial charge is 0.332 e. The lowest BCUT2D eigenvalue weighted by atomic mass is 10.1. The number of para-hydroxylation sites is 1. The average molecular weight is 315 g/mol. The summed E-state index contributed by atoms with van der Waals surface area (Å²) in [5.41, 5.74) is 1.27. The molecule has 1 heterocycles. The lowest BCUT2D eigenvalue weighted by Crippen LogP contribution is -2.18. The fraction of sp³-hybridized carbons (Fsp3) is 0.474. The molecule has 0 spiro atoms. The van der Waals surface area contributed by atoms with Crippen molar-refractivity contribution in [2.45, 2.75) is 58.3 Å². The maximum Gasteiger partial charge on any atom is 0.332 e. The molecule has 1 aromatic heterocycles. The van der Waals surface area contributed by atoms with Crippen LogP contribution in [0.25, 0.3) is 10.9 Å². The van der Waals surface area contributed by atoms with Crippen LogP contribution in [0.15, 0.2) is 30.5 Å². The van der Waals surface area contributed by atoms with Gasteiger partial charge in [0.25, 0.3) is 0 Å². The molecule has 23 heavy (non-hydrogen) atoms. The number of unbranched alkanes of at least 4 members (excludes halogenated alkanes) is 6. The van der Waals surface area contributed by atoms with Crippen LogP contribution in [0.1, 0.15) is 68.6 Å². The van der Waals surface area contributed by atoms with Crippen molar-refractivity contribution in [1.82, 2.24) is 4.73 Å². The van der Waals surface area contributed by atoms with Gasteiger partial charge < -0.3 is 4.84 Å². The van der Waals surface area contributed by atoms with E-state index in [0.29, 0.717) is 12.0 Å². The van der Waals surface area contributed by atoms with Crippen molar-refractivity contribution in [3.63, 3.8) is 0 Å². The van der Waals surface area contributed by atoms with Crippen LogP contribution in [-0.2, 0) is 4.79 Å². The molecule has 124 valence electrons. The predicted molar refractivity (Wildman–Crippen MR) is 91.5 cm³/mol. The van der Waals surface area contributed by atoms with Gasteiger partial charge in [-0.15, -0.1) is 0 Å². The van der Waals surface area contributed by atoms with Crippen molar-refractivity contribution in [3.05, 3.63) is 36.0 Å². The molecule has 4 nitrogen and oxygen atoms in total. The largest absolute Gasteiger partial charge is 0.337 e. The average Bonchev–Trinajstić information content (AvgIpc) is 2.92. The zero-order valence-electron chi connectivity index (χ0n) is 13.8. The van der Waals surface area contributed by atoms with Gasteiger partial charge in [0.2, 0.25) is 0 Å². The van der Waals surface area contributed by atoms with Crippen LogP contribution in [0.4, 0.5) is 0 Å². The molecule has 0 aliphatic rings. The molecule has 2 aromatic rings. The zero-order chi connectivity index (χ0) is 16.5. The second kappa shape index (κ2) is 9.13. The van der Waals surface area contributed by atoms with Gasteiger partial charge in [0.15, 0.2) is 6.29 Å². The maximum atomic E-state index is 12.0. The highest BCUT2D eigenvalue weighted by atomic mass is 16.7. The summed E-state index contributed by atoms with van der Waals surface area (Å²) in [7, 11) is 0. The number of benzene rings is 1. The van der Waals surface area contributed by atoms with E-state index in [2.05, 4.69) is 6.92 Å². The first-order valence-corrected chi connectivity index (χ1v) is 8.52.